The average Bonchev–Trinajstić information content (AvgIpc) is 3.03. The Bertz CT molecular complexity index is 923. The third-order valence-corrected chi connectivity index (χ3v) is 4.68. The summed E-state index contributed by atoms with van der Waals surface area (Å²) in [6.07, 6.45) is 1.73. The van der Waals surface area contributed by atoms with Crippen LogP contribution in [0.1, 0.15) is 5.56 Å². The second-order valence-corrected chi connectivity index (χ2v) is 6.15. The van der Waals surface area contributed by atoms with E-state index in [0.717, 1.165) is 33.1 Å². The van der Waals surface area contributed by atoms with Crippen molar-refractivity contribution < 1.29 is 9.47 Å². The Hall–Kier alpha value is -2.86. The standard InChI is InChI=1S/C19H19N3O2S/c1-22-18(15-6-10-17(24-3)11-7-15)13-25-19(22)21-20-12-14-4-8-16(23-2)9-5-14/h4-13H,1-3H3/b20-12+,21-19+. The molecule has 0 aliphatic rings. The molecule has 1 aromatic heterocycles. The summed E-state index contributed by atoms with van der Waals surface area (Å²) in [5.74, 6) is 1.67. The van der Waals surface area contributed by atoms with Crippen LogP contribution in [-0.2, 0) is 7.05 Å². The number of hydrogen-bond acceptors (Lipinski definition) is 5. The molecule has 0 bridgehead atoms. The lowest BCUT2D eigenvalue weighted by Gasteiger charge is -2.04. The van der Waals surface area contributed by atoms with Gasteiger partial charge in [-0.3, -0.25) is 0 Å². The molecule has 0 fully saturated rings. The van der Waals surface area contributed by atoms with Gasteiger partial charge in [0, 0.05) is 12.4 Å². The van der Waals surface area contributed by atoms with Crippen LogP contribution in [0.25, 0.3) is 11.3 Å². The van der Waals surface area contributed by atoms with Gasteiger partial charge in [-0.1, -0.05) is 0 Å². The molecule has 5 nitrogen and oxygen atoms in total. The molecule has 0 spiro atoms. The molecule has 0 N–H and O–H groups in total. The van der Waals surface area contributed by atoms with Crippen LogP contribution in [0, 0.1) is 0 Å². The lowest BCUT2D eigenvalue weighted by molar-refractivity contribution is 0.414. The highest BCUT2D eigenvalue weighted by Gasteiger charge is 2.04. The first-order chi connectivity index (χ1) is 12.2. The van der Waals surface area contributed by atoms with Gasteiger partial charge >= 0.3 is 0 Å². The Balaban J connectivity index is 1.81. The normalized spacial score (nSPS) is 11.9. The van der Waals surface area contributed by atoms with Crippen LogP contribution in [0.3, 0.4) is 0 Å². The van der Waals surface area contributed by atoms with Crippen molar-refractivity contribution in [3.63, 3.8) is 0 Å². The lowest BCUT2D eigenvalue weighted by atomic mass is 10.1. The minimum absolute atomic E-state index is 0.822. The van der Waals surface area contributed by atoms with Crippen molar-refractivity contribution in [3.05, 3.63) is 64.3 Å². The van der Waals surface area contributed by atoms with Gasteiger partial charge in [0.1, 0.15) is 11.5 Å². The Morgan fingerprint density at radius 3 is 2.12 bits per heavy atom. The van der Waals surface area contributed by atoms with Crippen LogP contribution in [0.2, 0.25) is 0 Å². The molecule has 3 rings (SSSR count). The summed E-state index contributed by atoms with van der Waals surface area (Å²) in [4.78, 5) is 0.829. The molecule has 25 heavy (non-hydrogen) atoms. The predicted molar refractivity (Wildman–Crippen MR) is 101 cm³/mol. The van der Waals surface area contributed by atoms with Crippen molar-refractivity contribution >= 4 is 17.6 Å². The van der Waals surface area contributed by atoms with Crippen LogP contribution in [0.4, 0.5) is 0 Å². The summed E-state index contributed by atoms with van der Waals surface area (Å²) in [6, 6.07) is 15.6. The lowest BCUT2D eigenvalue weighted by Crippen LogP contribution is -2.10. The van der Waals surface area contributed by atoms with E-state index in [9.17, 15) is 0 Å². The number of thiazole rings is 1. The van der Waals surface area contributed by atoms with Crippen LogP contribution >= 0.6 is 11.3 Å². The van der Waals surface area contributed by atoms with Gasteiger partial charge in [-0.05, 0) is 59.7 Å². The number of ether oxygens (including phenoxy) is 2. The van der Waals surface area contributed by atoms with Gasteiger partial charge in [-0.15, -0.1) is 16.4 Å². The number of hydrogen-bond donors (Lipinski definition) is 0. The zero-order valence-corrected chi connectivity index (χ0v) is 15.2. The van der Waals surface area contributed by atoms with Gasteiger partial charge < -0.3 is 14.0 Å². The Labute approximate surface area is 150 Å². The second-order valence-electron chi connectivity index (χ2n) is 5.31. The van der Waals surface area contributed by atoms with Crippen LogP contribution < -0.4 is 14.3 Å². The maximum atomic E-state index is 5.20. The molecule has 0 radical (unpaired) electrons. The van der Waals surface area contributed by atoms with E-state index in [1.165, 1.54) is 0 Å². The Kier molecular flexibility index (Phi) is 5.30. The highest BCUT2D eigenvalue weighted by molar-refractivity contribution is 7.07. The first-order valence-electron chi connectivity index (χ1n) is 7.71. The topological polar surface area (TPSA) is 48.1 Å². The third-order valence-electron chi connectivity index (χ3n) is 3.78. The van der Waals surface area contributed by atoms with Crippen molar-refractivity contribution in [1.29, 1.82) is 0 Å². The van der Waals surface area contributed by atoms with Gasteiger partial charge in [0.05, 0.1) is 26.1 Å². The largest absolute Gasteiger partial charge is 0.497 e. The summed E-state index contributed by atoms with van der Waals surface area (Å²) in [5.41, 5.74) is 3.17. The van der Waals surface area contributed by atoms with E-state index in [1.807, 2.05) is 60.1 Å². The predicted octanol–water partition coefficient (Wildman–Crippen LogP) is 3.71. The molecule has 128 valence electrons. The maximum absolute atomic E-state index is 5.20. The summed E-state index contributed by atoms with van der Waals surface area (Å²) in [5, 5.41) is 10.6. The molecule has 0 aliphatic carbocycles. The number of benzene rings is 2. The van der Waals surface area contributed by atoms with E-state index >= 15 is 0 Å². The van der Waals surface area contributed by atoms with E-state index in [4.69, 9.17) is 9.47 Å². The van der Waals surface area contributed by atoms with Gasteiger partial charge in [-0.25, -0.2) is 0 Å². The number of rotatable bonds is 5. The van der Waals surface area contributed by atoms with Crippen molar-refractivity contribution in [2.75, 3.05) is 14.2 Å². The highest BCUT2D eigenvalue weighted by atomic mass is 32.1. The molecule has 0 unspecified atom stereocenters. The Morgan fingerprint density at radius 1 is 0.920 bits per heavy atom. The summed E-state index contributed by atoms with van der Waals surface area (Å²) >= 11 is 1.55. The molecule has 6 heteroatoms. The fourth-order valence-corrected chi connectivity index (χ4v) is 3.18. The number of aromatic nitrogens is 1. The molecule has 0 saturated carbocycles. The summed E-state index contributed by atoms with van der Waals surface area (Å²) in [6.45, 7) is 0. The minimum atomic E-state index is 0.822. The first-order valence-corrected chi connectivity index (χ1v) is 8.59. The van der Waals surface area contributed by atoms with E-state index in [2.05, 4.69) is 15.6 Å². The quantitative estimate of drug-likeness (QED) is 0.519. The molecule has 1 heterocycles. The van der Waals surface area contributed by atoms with E-state index in [1.54, 1.807) is 31.8 Å². The first kappa shape index (κ1) is 17.0. The molecular formula is C19H19N3O2S. The monoisotopic (exact) mass is 353 g/mol. The van der Waals surface area contributed by atoms with Gasteiger partial charge in [0.25, 0.3) is 0 Å². The van der Waals surface area contributed by atoms with Gasteiger partial charge in [0.2, 0.25) is 4.80 Å². The zero-order chi connectivity index (χ0) is 17.6. The van der Waals surface area contributed by atoms with E-state index < -0.39 is 0 Å². The molecule has 0 atom stereocenters. The molecule has 2 aromatic carbocycles. The minimum Gasteiger partial charge on any atom is -0.497 e. The SMILES string of the molecule is COc1ccc(/C=N/N=c2/scc(-c3ccc(OC)cc3)n2C)cc1. The van der Waals surface area contributed by atoms with Crippen molar-refractivity contribution in [3.8, 4) is 22.8 Å². The van der Waals surface area contributed by atoms with Crippen molar-refractivity contribution in [1.82, 2.24) is 4.57 Å². The van der Waals surface area contributed by atoms with Crippen LogP contribution in [-0.4, -0.2) is 25.0 Å². The Morgan fingerprint density at radius 2 is 1.52 bits per heavy atom. The molecule has 0 amide bonds. The van der Waals surface area contributed by atoms with Gasteiger partial charge in [-0.2, -0.15) is 5.10 Å². The summed E-state index contributed by atoms with van der Waals surface area (Å²) < 4.78 is 12.4. The highest BCUT2D eigenvalue weighted by Crippen LogP contribution is 2.22. The van der Waals surface area contributed by atoms with Crippen LogP contribution in [0.15, 0.2) is 64.1 Å². The smallest absolute Gasteiger partial charge is 0.210 e. The molecule has 3 aromatic rings. The van der Waals surface area contributed by atoms with E-state index in [0.29, 0.717) is 0 Å². The van der Waals surface area contributed by atoms with Crippen molar-refractivity contribution in [2.24, 2.45) is 17.3 Å². The van der Waals surface area contributed by atoms with E-state index in [-0.39, 0.29) is 0 Å². The number of methoxy groups -OCH3 is 2. The average molecular weight is 353 g/mol. The van der Waals surface area contributed by atoms with Crippen LogP contribution in [0.5, 0.6) is 11.5 Å². The summed E-state index contributed by atoms with van der Waals surface area (Å²) in [7, 11) is 5.30. The number of nitrogens with zero attached hydrogens (tertiary/aromatic N) is 3. The molecule has 0 saturated heterocycles. The fourth-order valence-electron chi connectivity index (χ4n) is 2.32. The third kappa shape index (κ3) is 3.97. The van der Waals surface area contributed by atoms with Crippen molar-refractivity contribution in [2.45, 2.75) is 0 Å². The maximum Gasteiger partial charge on any atom is 0.210 e. The molecule has 0 aliphatic heterocycles. The molecular weight excluding hydrogens is 334 g/mol. The zero-order valence-electron chi connectivity index (χ0n) is 14.3. The van der Waals surface area contributed by atoms with Gasteiger partial charge in [0.15, 0.2) is 0 Å². The fraction of sp³-hybridized carbons (Fsp3) is 0.158. The second kappa shape index (κ2) is 7.81.